The topological polar surface area (TPSA) is 96.3 Å². The number of nitrogens with zero attached hydrogens (tertiary/aromatic N) is 3. The average molecular weight is 592 g/mol. The molecular weight excluding hydrogens is 564 g/mol. The molecule has 11 heteroatoms. The number of halogens is 3. The first kappa shape index (κ1) is 27.8. The van der Waals surface area contributed by atoms with Crippen LogP contribution < -0.4 is 10.6 Å². The molecule has 2 N–H and O–H groups in total. The number of hydrogen-bond acceptors (Lipinski definition) is 6. The van der Waals surface area contributed by atoms with Crippen LogP contribution in [0, 0.1) is 5.82 Å². The number of para-hydroxylation sites is 1. The molecule has 6 rings (SSSR count). The van der Waals surface area contributed by atoms with Gasteiger partial charge in [0.1, 0.15) is 24.2 Å². The summed E-state index contributed by atoms with van der Waals surface area (Å²) in [5.74, 6) is -1.81. The molecule has 1 aromatic heterocycles. The summed E-state index contributed by atoms with van der Waals surface area (Å²) in [5, 5.41) is 11.8. The Morgan fingerprint density at radius 3 is 2.62 bits per heavy atom. The molecule has 8 nitrogen and oxygen atoms in total. The predicted octanol–water partition coefficient (Wildman–Crippen LogP) is 5.29. The number of alkyl halides is 1. The first-order valence-electron chi connectivity index (χ1n) is 13.7. The summed E-state index contributed by atoms with van der Waals surface area (Å²) in [5.41, 5.74) is 3.20. The number of Topliss-reactive ketones (excluding diaryl/α,β-unsaturated/α-hetero) is 2. The minimum absolute atomic E-state index is 0.135. The number of amides is 1. The van der Waals surface area contributed by atoms with Crippen molar-refractivity contribution in [3.8, 4) is 11.1 Å². The molecule has 42 heavy (non-hydrogen) atoms. The molecule has 0 unspecified atom stereocenters. The lowest BCUT2D eigenvalue weighted by atomic mass is 9.96. The van der Waals surface area contributed by atoms with E-state index in [1.165, 1.54) is 22.6 Å². The fourth-order valence-electron chi connectivity index (χ4n) is 5.81. The van der Waals surface area contributed by atoms with Crippen molar-refractivity contribution in [1.29, 1.82) is 0 Å². The molecule has 1 saturated heterocycles. The molecule has 0 spiro atoms. The van der Waals surface area contributed by atoms with E-state index in [0.717, 1.165) is 12.2 Å². The summed E-state index contributed by atoms with van der Waals surface area (Å²) < 4.78 is 31.8. The lowest BCUT2D eigenvalue weighted by molar-refractivity contribution is -0.138. The summed E-state index contributed by atoms with van der Waals surface area (Å²) in [6, 6.07) is 14.3. The number of hydrogen-bond donors (Lipinski definition) is 2. The maximum atomic E-state index is 15.8. The van der Waals surface area contributed by atoms with Crippen LogP contribution in [0.4, 0.5) is 20.2 Å². The molecular formula is C31H28ClF2N5O3. The molecule has 0 bridgehead atoms. The summed E-state index contributed by atoms with van der Waals surface area (Å²) in [6.45, 7) is 2.29. The summed E-state index contributed by atoms with van der Waals surface area (Å²) in [4.78, 5) is 40.1. The number of nitrogens with one attached hydrogen (secondary N) is 2. The molecule has 1 fully saturated rings. The fourth-order valence-corrected chi connectivity index (χ4v) is 6.14. The fraction of sp³-hybridized carbons (Fsp3) is 0.290. The zero-order valence-electron chi connectivity index (χ0n) is 22.8. The Bertz CT molecular complexity index is 1740. The van der Waals surface area contributed by atoms with E-state index >= 15 is 4.39 Å². The van der Waals surface area contributed by atoms with Crippen LogP contribution in [0.1, 0.15) is 29.4 Å². The molecule has 4 aromatic rings. The number of likely N-dealkylation sites (tertiary alicyclic amines) is 1. The Morgan fingerprint density at radius 1 is 1.02 bits per heavy atom. The first-order valence-corrected chi connectivity index (χ1v) is 14.1. The lowest BCUT2D eigenvalue weighted by Crippen LogP contribution is -2.43. The number of rotatable bonds is 7. The third-order valence-electron chi connectivity index (χ3n) is 7.84. The van der Waals surface area contributed by atoms with E-state index in [-0.39, 0.29) is 48.5 Å². The van der Waals surface area contributed by atoms with E-state index < -0.39 is 29.7 Å². The summed E-state index contributed by atoms with van der Waals surface area (Å²) in [6.07, 6.45) is -1.88. The van der Waals surface area contributed by atoms with Crippen molar-refractivity contribution < 1.29 is 23.2 Å². The van der Waals surface area contributed by atoms with Gasteiger partial charge in [0.25, 0.3) is 0 Å². The standard InChI is InChI=1S/C31H28ClF2N5O3/c1-17(40)30-22-6-2-3-8-24(22)39(37-30)16-27(42)38-15-19(33)14-25(38)26(41)13-18-5-4-7-21(29(18)34)20-9-10-23-31(28(20)32)36-12-11-35-23/h2-10,19,25,35-36H,11-16H2,1H3/t19-,25+/m1/s1. The highest BCUT2D eigenvalue weighted by Gasteiger charge is 2.40. The van der Waals surface area contributed by atoms with Crippen LogP contribution >= 0.6 is 11.6 Å². The molecule has 216 valence electrons. The highest BCUT2D eigenvalue weighted by Crippen LogP contribution is 2.41. The lowest BCUT2D eigenvalue weighted by Gasteiger charge is -2.24. The zero-order chi connectivity index (χ0) is 29.5. The van der Waals surface area contributed by atoms with Gasteiger partial charge in [0.15, 0.2) is 11.6 Å². The Kier molecular flexibility index (Phi) is 7.40. The van der Waals surface area contributed by atoms with E-state index in [2.05, 4.69) is 15.7 Å². The van der Waals surface area contributed by atoms with Gasteiger partial charge in [-0.2, -0.15) is 5.10 Å². The Morgan fingerprint density at radius 2 is 1.81 bits per heavy atom. The van der Waals surface area contributed by atoms with Crippen molar-refractivity contribution in [2.45, 2.75) is 38.5 Å². The van der Waals surface area contributed by atoms with E-state index in [1.807, 2.05) is 6.07 Å². The number of aromatic nitrogens is 2. The quantitative estimate of drug-likeness (QED) is 0.284. The summed E-state index contributed by atoms with van der Waals surface area (Å²) in [7, 11) is 0. The second-order valence-corrected chi connectivity index (χ2v) is 11.0. The molecule has 2 aliphatic heterocycles. The highest BCUT2D eigenvalue weighted by atomic mass is 35.5. The van der Waals surface area contributed by atoms with Crippen LogP contribution in [0.5, 0.6) is 0 Å². The van der Waals surface area contributed by atoms with Gasteiger partial charge in [-0.3, -0.25) is 19.1 Å². The van der Waals surface area contributed by atoms with Gasteiger partial charge >= 0.3 is 0 Å². The van der Waals surface area contributed by atoms with Gasteiger partial charge in [0.05, 0.1) is 34.5 Å². The molecule has 0 radical (unpaired) electrons. The van der Waals surface area contributed by atoms with Crippen LogP contribution in [0.2, 0.25) is 5.02 Å². The van der Waals surface area contributed by atoms with E-state index in [4.69, 9.17) is 11.6 Å². The first-order chi connectivity index (χ1) is 20.2. The molecule has 2 aliphatic rings. The van der Waals surface area contributed by atoms with Gasteiger partial charge in [-0.25, -0.2) is 8.78 Å². The van der Waals surface area contributed by atoms with Crippen LogP contribution in [-0.2, 0) is 22.6 Å². The third-order valence-corrected chi connectivity index (χ3v) is 8.23. The Balaban J connectivity index is 1.23. The molecule has 1 amide bonds. The van der Waals surface area contributed by atoms with Crippen LogP contribution in [-0.4, -0.2) is 64.0 Å². The van der Waals surface area contributed by atoms with Crippen LogP contribution in [0.15, 0.2) is 54.6 Å². The second-order valence-electron chi connectivity index (χ2n) is 10.6. The van der Waals surface area contributed by atoms with Gasteiger partial charge in [-0.15, -0.1) is 0 Å². The van der Waals surface area contributed by atoms with E-state index in [9.17, 15) is 18.8 Å². The zero-order valence-corrected chi connectivity index (χ0v) is 23.5. The maximum absolute atomic E-state index is 15.8. The highest BCUT2D eigenvalue weighted by molar-refractivity contribution is 6.36. The number of benzene rings is 3. The average Bonchev–Trinajstić information content (AvgIpc) is 3.56. The smallest absolute Gasteiger partial charge is 0.245 e. The van der Waals surface area contributed by atoms with Crippen molar-refractivity contribution in [1.82, 2.24) is 14.7 Å². The van der Waals surface area contributed by atoms with Gasteiger partial charge in [-0.1, -0.05) is 54.1 Å². The van der Waals surface area contributed by atoms with E-state index in [1.54, 1.807) is 42.5 Å². The van der Waals surface area contributed by atoms with Crippen molar-refractivity contribution in [3.63, 3.8) is 0 Å². The Hall–Kier alpha value is -4.31. The molecule has 2 atom stereocenters. The van der Waals surface area contributed by atoms with Gasteiger partial charge in [0.2, 0.25) is 5.91 Å². The number of carbonyl (C=O) groups is 3. The minimum atomic E-state index is -1.39. The molecule has 3 heterocycles. The molecule has 0 saturated carbocycles. The monoisotopic (exact) mass is 591 g/mol. The van der Waals surface area contributed by atoms with E-state index in [0.29, 0.717) is 33.7 Å². The number of anilines is 2. The predicted molar refractivity (Wildman–Crippen MR) is 157 cm³/mol. The molecule has 3 aromatic carbocycles. The number of fused-ring (bicyclic) bond motifs is 2. The van der Waals surface area contributed by atoms with Crippen LogP contribution in [0.3, 0.4) is 0 Å². The minimum Gasteiger partial charge on any atom is -0.382 e. The van der Waals surface area contributed by atoms with Crippen molar-refractivity contribution in [2.75, 3.05) is 30.3 Å². The van der Waals surface area contributed by atoms with Crippen molar-refractivity contribution >= 4 is 51.4 Å². The maximum Gasteiger partial charge on any atom is 0.245 e. The van der Waals surface area contributed by atoms with Crippen molar-refractivity contribution in [3.05, 3.63) is 76.7 Å². The summed E-state index contributed by atoms with van der Waals surface area (Å²) >= 11 is 6.64. The largest absolute Gasteiger partial charge is 0.382 e. The van der Waals surface area contributed by atoms with Gasteiger partial charge < -0.3 is 15.5 Å². The number of carbonyl (C=O) groups excluding carboxylic acids is 3. The molecule has 0 aliphatic carbocycles. The SMILES string of the molecule is CC(=O)c1nn(CC(=O)N2C[C@H](F)C[C@H]2C(=O)Cc2cccc(-c3ccc4c(c3Cl)NCCN4)c2F)c2ccccc12. The van der Waals surface area contributed by atoms with Gasteiger partial charge in [0, 0.05) is 49.4 Å². The van der Waals surface area contributed by atoms with Crippen LogP contribution in [0.25, 0.3) is 22.0 Å². The Labute approximate surface area is 245 Å². The normalized spacial score (nSPS) is 18.0. The third kappa shape index (κ3) is 5.00. The number of ketones is 2. The second kappa shape index (κ2) is 11.2. The van der Waals surface area contributed by atoms with Gasteiger partial charge in [-0.05, 0) is 17.7 Å². The van der Waals surface area contributed by atoms with Crippen molar-refractivity contribution in [2.24, 2.45) is 0 Å².